The summed E-state index contributed by atoms with van der Waals surface area (Å²) < 4.78 is 0. The number of hydrogen-bond donors (Lipinski definition) is 0. The summed E-state index contributed by atoms with van der Waals surface area (Å²) in [7, 11) is 0. The molecule has 1 heteroatoms. The van der Waals surface area contributed by atoms with Gasteiger partial charge in [-0.25, -0.2) is 0 Å². The molecule has 2 rings (SSSR count). The quantitative estimate of drug-likeness (QED) is 0.438. The highest BCUT2D eigenvalue weighted by molar-refractivity contribution is 7.99. The van der Waals surface area contributed by atoms with E-state index in [0.717, 1.165) is 23.7 Å². The summed E-state index contributed by atoms with van der Waals surface area (Å²) >= 11 is 2.23. The van der Waals surface area contributed by atoms with Crippen molar-refractivity contribution >= 4 is 11.8 Å². The minimum absolute atomic E-state index is 1.01. The van der Waals surface area contributed by atoms with Crippen LogP contribution in [0.2, 0.25) is 0 Å². The summed E-state index contributed by atoms with van der Waals surface area (Å²) in [5.41, 5.74) is 0. The Bertz CT molecular complexity index is 237. The standard InChI is InChI=1S/C20H38S/c1-17-9-3-5-11-19(17)13-7-15-21-16-8-14-20-12-6-4-10-18(20)2/h17-20H,3-16H2,1-2H3. The molecular weight excluding hydrogens is 272 g/mol. The van der Waals surface area contributed by atoms with Gasteiger partial charge in [-0.05, 0) is 60.9 Å². The van der Waals surface area contributed by atoms with Gasteiger partial charge < -0.3 is 0 Å². The van der Waals surface area contributed by atoms with E-state index in [1.807, 2.05) is 0 Å². The highest BCUT2D eigenvalue weighted by Crippen LogP contribution is 2.34. The first-order chi connectivity index (χ1) is 10.3. The van der Waals surface area contributed by atoms with Crippen LogP contribution < -0.4 is 0 Å². The van der Waals surface area contributed by atoms with E-state index in [2.05, 4.69) is 25.6 Å². The van der Waals surface area contributed by atoms with Gasteiger partial charge in [0.1, 0.15) is 0 Å². The summed E-state index contributed by atoms with van der Waals surface area (Å²) in [6.07, 6.45) is 18.0. The fourth-order valence-corrected chi connectivity index (χ4v) is 5.59. The van der Waals surface area contributed by atoms with Crippen LogP contribution in [0.15, 0.2) is 0 Å². The lowest BCUT2D eigenvalue weighted by molar-refractivity contribution is 0.240. The van der Waals surface area contributed by atoms with Crippen LogP contribution in [0.4, 0.5) is 0 Å². The van der Waals surface area contributed by atoms with E-state index in [4.69, 9.17) is 0 Å². The predicted molar refractivity (Wildman–Crippen MR) is 98.0 cm³/mol. The van der Waals surface area contributed by atoms with Crippen LogP contribution in [0.1, 0.15) is 90.9 Å². The smallest absolute Gasteiger partial charge is 0.00674 e. The molecule has 0 aromatic carbocycles. The van der Waals surface area contributed by atoms with E-state index in [-0.39, 0.29) is 0 Å². The van der Waals surface area contributed by atoms with Crippen LogP contribution in [0.25, 0.3) is 0 Å². The summed E-state index contributed by atoms with van der Waals surface area (Å²) in [6.45, 7) is 4.98. The Kier molecular flexibility index (Phi) is 8.59. The summed E-state index contributed by atoms with van der Waals surface area (Å²) in [5, 5.41) is 0. The zero-order valence-corrected chi connectivity index (χ0v) is 15.4. The largest absolute Gasteiger partial charge is 0.162 e. The Labute approximate surface area is 138 Å². The van der Waals surface area contributed by atoms with Gasteiger partial charge in [-0.15, -0.1) is 0 Å². The lowest BCUT2D eigenvalue weighted by atomic mass is 9.78. The number of hydrogen-bond acceptors (Lipinski definition) is 1. The summed E-state index contributed by atoms with van der Waals surface area (Å²) in [6, 6.07) is 0. The van der Waals surface area contributed by atoms with Gasteiger partial charge in [0, 0.05) is 0 Å². The maximum Gasteiger partial charge on any atom is -0.00674 e. The van der Waals surface area contributed by atoms with Crippen LogP contribution in [0, 0.1) is 23.7 Å². The highest BCUT2D eigenvalue weighted by atomic mass is 32.2. The zero-order chi connectivity index (χ0) is 14.9. The Morgan fingerprint density at radius 3 is 1.52 bits per heavy atom. The minimum Gasteiger partial charge on any atom is -0.162 e. The molecule has 2 aliphatic carbocycles. The topological polar surface area (TPSA) is 0 Å². The second-order valence-corrected chi connectivity index (χ2v) is 9.17. The fraction of sp³-hybridized carbons (Fsp3) is 1.00. The molecule has 4 atom stereocenters. The van der Waals surface area contributed by atoms with Crippen LogP contribution >= 0.6 is 11.8 Å². The monoisotopic (exact) mass is 310 g/mol. The minimum atomic E-state index is 1.01. The van der Waals surface area contributed by atoms with E-state index in [9.17, 15) is 0 Å². The third-order valence-corrected chi connectivity index (χ3v) is 7.46. The van der Waals surface area contributed by atoms with Crippen molar-refractivity contribution in [1.29, 1.82) is 0 Å². The third-order valence-electron chi connectivity index (χ3n) is 6.31. The molecule has 124 valence electrons. The molecular formula is C20H38S. The van der Waals surface area contributed by atoms with Crippen LogP contribution in [0.5, 0.6) is 0 Å². The van der Waals surface area contributed by atoms with E-state index >= 15 is 0 Å². The maximum atomic E-state index is 2.49. The lowest BCUT2D eigenvalue weighted by Crippen LogP contribution is -2.17. The Balaban J connectivity index is 1.43. The van der Waals surface area contributed by atoms with Crippen molar-refractivity contribution < 1.29 is 0 Å². The van der Waals surface area contributed by atoms with Crippen molar-refractivity contribution in [2.24, 2.45) is 23.7 Å². The highest BCUT2D eigenvalue weighted by Gasteiger charge is 2.21. The first-order valence-electron chi connectivity index (χ1n) is 9.85. The zero-order valence-electron chi connectivity index (χ0n) is 14.6. The van der Waals surface area contributed by atoms with Crippen LogP contribution in [0.3, 0.4) is 0 Å². The fourth-order valence-electron chi connectivity index (χ4n) is 4.64. The van der Waals surface area contributed by atoms with Gasteiger partial charge >= 0.3 is 0 Å². The maximum absolute atomic E-state index is 2.49. The molecule has 2 aliphatic rings. The molecule has 21 heavy (non-hydrogen) atoms. The summed E-state index contributed by atoms with van der Waals surface area (Å²) in [5.74, 6) is 6.98. The van der Waals surface area contributed by atoms with Crippen molar-refractivity contribution in [2.75, 3.05) is 11.5 Å². The van der Waals surface area contributed by atoms with Crippen molar-refractivity contribution in [1.82, 2.24) is 0 Å². The molecule has 0 saturated heterocycles. The van der Waals surface area contributed by atoms with E-state index in [1.165, 1.54) is 88.6 Å². The predicted octanol–water partition coefficient (Wildman–Crippen LogP) is 6.93. The van der Waals surface area contributed by atoms with Gasteiger partial charge in [0.15, 0.2) is 0 Å². The number of rotatable bonds is 8. The van der Waals surface area contributed by atoms with E-state index < -0.39 is 0 Å². The Morgan fingerprint density at radius 2 is 1.10 bits per heavy atom. The molecule has 0 aromatic heterocycles. The molecule has 0 radical (unpaired) electrons. The molecule has 0 aliphatic heterocycles. The SMILES string of the molecule is CC1CCCCC1CCCSCCCC1CCCCC1C. The second kappa shape index (κ2) is 10.2. The lowest BCUT2D eigenvalue weighted by Gasteiger charge is -2.29. The molecule has 0 heterocycles. The van der Waals surface area contributed by atoms with Crippen molar-refractivity contribution in [3.05, 3.63) is 0 Å². The van der Waals surface area contributed by atoms with Gasteiger partial charge in [0.05, 0.1) is 0 Å². The van der Waals surface area contributed by atoms with Gasteiger partial charge in [-0.2, -0.15) is 11.8 Å². The average Bonchev–Trinajstić information content (AvgIpc) is 2.50. The molecule has 0 spiro atoms. The molecule has 4 unspecified atom stereocenters. The molecule has 0 nitrogen and oxygen atoms in total. The Morgan fingerprint density at radius 1 is 0.667 bits per heavy atom. The molecule has 0 bridgehead atoms. The van der Waals surface area contributed by atoms with Crippen LogP contribution in [-0.2, 0) is 0 Å². The van der Waals surface area contributed by atoms with Gasteiger partial charge in [0.25, 0.3) is 0 Å². The van der Waals surface area contributed by atoms with Crippen LogP contribution in [-0.4, -0.2) is 11.5 Å². The van der Waals surface area contributed by atoms with Crippen molar-refractivity contribution in [3.63, 3.8) is 0 Å². The molecule has 2 saturated carbocycles. The molecule has 0 N–H and O–H groups in total. The Hall–Kier alpha value is 0.350. The molecule has 0 amide bonds. The third kappa shape index (κ3) is 6.55. The number of thioether (sulfide) groups is 1. The van der Waals surface area contributed by atoms with Gasteiger partial charge in [0.2, 0.25) is 0 Å². The first-order valence-corrected chi connectivity index (χ1v) is 11.0. The normalized spacial score (nSPS) is 34.0. The van der Waals surface area contributed by atoms with Crippen molar-refractivity contribution in [2.45, 2.75) is 90.9 Å². The molecule has 2 fully saturated rings. The van der Waals surface area contributed by atoms with Gasteiger partial charge in [-0.1, -0.05) is 65.2 Å². The van der Waals surface area contributed by atoms with Gasteiger partial charge in [-0.3, -0.25) is 0 Å². The van der Waals surface area contributed by atoms with Crippen molar-refractivity contribution in [3.8, 4) is 0 Å². The summed E-state index contributed by atoms with van der Waals surface area (Å²) in [4.78, 5) is 0. The average molecular weight is 311 g/mol. The molecule has 0 aromatic rings. The first kappa shape index (κ1) is 17.7. The second-order valence-electron chi connectivity index (χ2n) is 7.94. The van der Waals surface area contributed by atoms with E-state index in [1.54, 1.807) is 0 Å². The van der Waals surface area contributed by atoms with E-state index in [0.29, 0.717) is 0 Å².